The second kappa shape index (κ2) is 4.51. The number of carbonyl (C=O) groups is 1. The molecule has 1 aromatic rings. The predicted octanol–water partition coefficient (Wildman–Crippen LogP) is 0.426. The first-order valence-electron chi connectivity index (χ1n) is 6.35. The maximum atomic E-state index is 12.1. The molecule has 0 radical (unpaired) electrons. The molecule has 0 spiro atoms. The van der Waals surface area contributed by atoms with Crippen molar-refractivity contribution in [1.29, 1.82) is 0 Å². The van der Waals surface area contributed by atoms with Crippen molar-refractivity contribution in [3.8, 4) is 0 Å². The van der Waals surface area contributed by atoms with E-state index >= 15 is 0 Å². The van der Waals surface area contributed by atoms with E-state index < -0.39 is 0 Å². The number of hydrogen-bond acceptors (Lipinski definition) is 4. The van der Waals surface area contributed by atoms with Crippen molar-refractivity contribution in [2.75, 3.05) is 0 Å². The van der Waals surface area contributed by atoms with Crippen molar-refractivity contribution in [2.24, 2.45) is 23.5 Å². The number of rotatable bonds is 3. The average molecular weight is 267 g/mol. The van der Waals surface area contributed by atoms with Crippen LogP contribution in [0, 0.1) is 17.8 Å². The standard InChI is InChI=1S/C12H17N3O2S/c13-10-7-2-1-6(3-7)9(10)11(16)14-4-8-5-18-12(17)15-8/h5-7,9-10H,1-4,13H2,(H,14,16)(H,15,17). The Bertz CT molecular complexity index is 507. The molecule has 4 atom stereocenters. The molecule has 1 heterocycles. The number of aromatic amines is 1. The maximum Gasteiger partial charge on any atom is 0.304 e. The van der Waals surface area contributed by atoms with Crippen molar-refractivity contribution in [2.45, 2.75) is 31.8 Å². The van der Waals surface area contributed by atoms with Crippen molar-refractivity contribution in [3.63, 3.8) is 0 Å². The van der Waals surface area contributed by atoms with E-state index in [2.05, 4.69) is 10.3 Å². The maximum absolute atomic E-state index is 12.1. The monoisotopic (exact) mass is 267 g/mol. The average Bonchev–Trinajstić information content (AvgIpc) is 3.02. The first kappa shape index (κ1) is 11.9. The SMILES string of the molecule is NC1C2CCC(C2)C1C(=O)NCc1csc(=O)[nH]1. The van der Waals surface area contributed by atoms with Crippen LogP contribution >= 0.6 is 11.3 Å². The third-order valence-corrected chi connectivity index (χ3v) is 5.03. The fourth-order valence-corrected chi connectivity index (χ4v) is 4.01. The van der Waals surface area contributed by atoms with E-state index in [0.29, 0.717) is 18.4 Å². The third kappa shape index (κ3) is 1.99. The number of H-pyrrole nitrogens is 1. The summed E-state index contributed by atoms with van der Waals surface area (Å²) in [5, 5.41) is 4.63. The lowest BCUT2D eigenvalue weighted by Crippen LogP contribution is -2.45. The van der Waals surface area contributed by atoms with Crippen LogP contribution in [0.1, 0.15) is 25.0 Å². The van der Waals surface area contributed by atoms with Crippen LogP contribution < -0.4 is 15.9 Å². The number of nitrogens with two attached hydrogens (primary N) is 1. The molecule has 5 nitrogen and oxygen atoms in total. The molecule has 2 fully saturated rings. The fourth-order valence-electron chi connectivity index (χ4n) is 3.43. The zero-order chi connectivity index (χ0) is 12.7. The van der Waals surface area contributed by atoms with Gasteiger partial charge in [0, 0.05) is 17.1 Å². The van der Waals surface area contributed by atoms with Gasteiger partial charge in [-0.15, -0.1) is 0 Å². The summed E-state index contributed by atoms with van der Waals surface area (Å²) in [7, 11) is 0. The Morgan fingerprint density at radius 1 is 1.50 bits per heavy atom. The van der Waals surface area contributed by atoms with Gasteiger partial charge in [0.05, 0.1) is 12.5 Å². The van der Waals surface area contributed by atoms with E-state index in [0.717, 1.165) is 29.9 Å². The first-order valence-corrected chi connectivity index (χ1v) is 7.23. The topological polar surface area (TPSA) is 88.0 Å². The Morgan fingerprint density at radius 2 is 2.28 bits per heavy atom. The predicted molar refractivity (Wildman–Crippen MR) is 69.1 cm³/mol. The highest BCUT2D eigenvalue weighted by molar-refractivity contribution is 7.07. The highest BCUT2D eigenvalue weighted by atomic mass is 32.1. The van der Waals surface area contributed by atoms with Crippen LogP contribution in [0.15, 0.2) is 10.2 Å². The minimum absolute atomic E-state index is 0.0188. The van der Waals surface area contributed by atoms with Crippen LogP contribution in [0.4, 0.5) is 0 Å². The second-order valence-corrected chi connectivity index (χ2v) is 6.17. The Balaban J connectivity index is 1.60. The van der Waals surface area contributed by atoms with E-state index in [-0.39, 0.29) is 22.7 Å². The van der Waals surface area contributed by atoms with Crippen LogP contribution in [-0.4, -0.2) is 16.9 Å². The fraction of sp³-hybridized carbons (Fsp3) is 0.667. The normalized spacial score (nSPS) is 33.8. The Hall–Kier alpha value is -1.14. The molecule has 6 heteroatoms. The minimum atomic E-state index is -0.0872. The van der Waals surface area contributed by atoms with Gasteiger partial charge in [0.15, 0.2) is 0 Å². The lowest BCUT2D eigenvalue weighted by atomic mass is 9.84. The van der Waals surface area contributed by atoms with Crippen molar-refractivity contribution >= 4 is 17.2 Å². The molecule has 0 aromatic carbocycles. The lowest BCUT2D eigenvalue weighted by molar-refractivity contribution is -0.127. The summed E-state index contributed by atoms with van der Waals surface area (Å²) in [6.07, 6.45) is 3.41. The van der Waals surface area contributed by atoms with E-state index in [1.54, 1.807) is 5.38 Å². The Kier molecular flexibility index (Phi) is 2.99. The summed E-state index contributed by atoms with van der Waals surface area (Å²) < 4.78 is 0. The number of nitrogens with one attached hydrogen (secondary N) is 2. The molecule has 0 saturated heterocycles. The zero-order valence-electron chi connectivity index (χ0n) is 10.0. The molecule has 98 valence electrons. The van der Waals surface area contributed by atoms with Gasteiger partial charge in [-0.1, -0.05) is 11.3 Å². The van der Waals surface area contributed by atoms with Gasteiger partial charge in [0.2, 0.25) is 5.91 Å². The van der Waals surface area contributed by atoms with Gasteiger partial charge in [-0.05, 0) is 31.1 Å². The molecule has 2 aliphatic carbocycles. The first-order chi connectivity index (χ1) is 8.65. The van der Waals surface area contributed by atoms with Crippen LogP contribution in [0.5, 0.6) is 0 Å². The van der Waals surface area contributed by atoms with Gasteiger partial charge in [-0.3, -0.25) is 9.59 Å². The second-order valence-electron chi connectivity index (χ2n) is 5.33. The number of hydrogen-bond donors (Lipinski definition) is 3. The molecule has 2 saturated carbocycles. The van der Waals surface area contributed by atoms with Crippen molar-refractivity contribution in [3.05, 3.63) is 20.7 Å². The molecule has 1 aromatic heterocycles. The number of aromatic nitrogens is 1. The van der Waals surface area contributed by atoms with Gasteiger partial charge >= 0.3 is 4.87 Å². The summed E-state index contributed by atoms with van der Waals surface area (Å²) in [5.74, 6) is 1.01. The van der Waals surface area contributed by atoms with Crippen LogP contribution in [0.25, 0.3) is 0 Å². The molecule has 1 amide bonds. The van der Waals surface area contributed by atoms with Crippen molar-refractivity contribution < 1.29 is 4.79 Å². The molecule has 2 aliphatic rings. The molecule has 4 unspecified atom stereocenters. The van der Waals surface area contributed by atoms with Gasteiger partial charge in [0.25, 0.3) is 0 Å². The van der Waals surface area contributed by atoms with Crippen molar-refractivity contribution in [1.82, 2.24) is 10.3 Å². The Labute approximate surface area is 109 Å². The smallest absolute Gasteiger partial charge is 0.304 e. The molecule has 0 aliphatic heterocycles. The third-order valence-electron chi connectivity index (χ3n) is 4.31. The number of carbonyl (C=O) groups excluding carboxylic acids is 1. The highest BCUT2D eigenvalue weighted by Crippen LogP contribution is 2.47. The quantitative estimate of drug-likeness (QED) is 0.742. The minimum Gasteiger partial charge on any atom is -0.350 e. The number of amides is 1. The molecular weight excluding hydrogens is 250 g/mol. The van der Waals surface area contributed by atoms with Gasteiger partial charge < -0.3 is 16.0 Å². The van der Waals surface area contributed by atoms with Crippen LogP contribution in [0.3, 0.4) is 0 Å². The highest BCUT2D eigenvalue weighted by Gasteiger charge is 2.48. The summed E-state index contributed by atoms with van der Waals surface area (Å²) in [5.41, 5.74) is 6.88. The molecule has 4 N–H and O–H groups in total. The largest absolute Gasteiger partial charge is 0.350 e. The van der Waals surface area contributed by atoms with E-state index in [9.17, 15) is 9.59 Å². The van der Waals surface area contributed by atoms with Gasteiger partial charge in [-0.25, -0.2) is 0 Å². The van der Waals surface area contributed by atoms with E-state index in [1.165, 1.54) is 6.42 Å². The summed E-state index contributed by atoms with van der Waals surface area (Å²) >= 11 is 1.11. The number of fused-ring (bicyclic) bond motifs is 2. The summed E-state index contributed by atoms with van der Waals surface area (Å²) in [4.78, 5) is 25.7. The van der Waals surface area contributed by atoms with E-state index in [1.807, 2.05) is 0 Å². The molecule has 18 heavy (non-hydrogen) atoms. The van der Waals surface area contributed by atoms with Crippen LogP contribution in [0.2, 0.25) is 0 Å². The summed E-state index contributed by atoms with van der Waals surface area (Å²) in [6.45, 7) is 0.387. The molecule has 3 rings (SSSR count). The molecular formula is C12H17N3O2S. The van der Waals surface area contributed by atoms with Crippen LogP contribution in [-0.2, 0) is 11.3 Å². The molecule has 2 bridgehead atoms. The Morgan fingerprint density at radius 3 is 2.89 bits per heavy atom. The van der Waals surface area contributed by atoms with E-state index in [4.69, 9.17) is 5.73 Å². The van der Waals surface area contributed by atoms with Gasteiger partial charge in [-0.2, -0.15) is 0 Å². The van der Waals surface area contributed by atoms with Gasteiger partial charge in [0.1, 0.15) is 0 Å². The lowest BCUT2D eigenvalue weighted by Gasteiger charge is -2.26. The summed E-state index contributed by atoms with van der Waals surface area (Å²) in [6, 6.07) is 0.0188. The zero-order valence-corrected chi connectivity index (χ0v) is 10.8. The number of thiazole rings is 1.